The number of thiol groups is 1. The van der Waals surface area contributed by atoms with Crippen LogP contribution in [0.2, 0.25) is 0 Å². The van der Waals surface area contributed by atoms with Crippen LogP contribution < -0.4 is 5.32 Å². The average Bonchev–Trinajstić information content (AvgIpc) is 3.39. The fraction of sp³-hybridized carbons (Fsp3) is 0.286. The second-order valence-corrected chi connectivity index (χ2v) is 8.48. The molecule has 1 unspecified atom stereocenters. The lowest BCUT2D eigenvalue weighted by atomic mass is 9.97. The number of aryl methyl sites for hydroxylation is 2. The monoisotopic (exact) mass is 481 g/mol. The summed E-state index contributed by atoms with van der Waals surface area (Å²) < 4.78 is 72.9. The SMILES string of the molecule is CCn1cc(F)c(/[SH](=O)=N/C(=O)Nc2c3c(nc(C(F)(F)F)c2-c2ccccc2)CCC3)n1. The molecule has 0 saturated carbocycles. The number of halogens is 4. The molecule has 1 aliphatic rings. The molecule has 2 amide bonds. The minimum atomic E-state index is -4.78. The molecule has 0 fully saturated rings. The third-order valence-electron chi connectivity index (χ3n) is 5.17. The van der Waals surface area contributed by atoms with Crippen molar-refractivity contribution in [1.82, 2.24) is 14.8 Å². The number of hydrogen-bond acceptors (Lipinski definition) is 4. The van der Waals surface area contributed by atoms with E-state index in [2.05, 4.69) is 19.8 Å². The minimum absolute atomic E-state index is 0.0762. The van der Waals surface area contributed by atoms with Crippen LogP contribution in [0.5, 0.6) is 0 Å². The van der Waals surface area contributed by atoms with Gasteiger partial charge in [0.1, 0.15) is 0 Å². The van der Waals surface area contributed by atoms with Crippen molar-refractivity contribution in [1.29, 1.82) is 0 Å². The van der Waals surface area contributed by atoms with Crippen LogP contribution in [0.25, 0.3) is 11.1 Å². The van der Waals surface area contributed by atoms with E-state index in [4.69, 9.17) is 0 Å². The Morgan fingerprint density at radius 1 is 1.24 bits per heavy atom. The Hall–Kier alpha value is -3.28. The highest BCUT2D eigenvalue weighted by Gasteiger charge is 2.39. The van der Waals surface area contributed by atoms with Gasteiger partial charge in [0.2, 0.25) is 0 Å². The Morgan fingerprint density at radius 2 is 1.97 bits per heavy atom. The number of amides is 2. The molecule has 0 bridgehead atoms. The van der Waals surface area contributed by atoms with E-state index in [-0.39, 0.29) is 22.5 Å². The quantitative estimate of drug-likeness (QED) is 0.411. The first-order chi connectivity index (χ1) is 15.7. The van der Waals surface area contributed by atoms with E-state index >= 15 is 0 Å². The molecular formula is C21H19F4N5O2S. The Kier molecular flexibility index (Phi) is 6.19. The highest BCUT2D eigenvalue weighted by molar-refractivity contribution is 7.75. The summed E-state index contributed by atoms with van der Waals surface area (Å²) in [5.41, 5.74) is -0.561. The molecule has 12 heteroatoms. The molecule has 0 spiro atoms. The van der Waals surface area contributed by atoms with E-state index in [0.717, 1.165) is 6.20 Å². The van der Waals surface area contributed by atoms with Crippen molar-refractivity contribution in [2.24, 2.45) is 4.36 Å². The summed E-state index contributed by atoms with van der Waals surface area (Å²) in [5, 5.41) is 5.66. The standard InChI is InChI=1S/C21H19F4N5O2S/c1-2-30-11-14(22)19(28-30)33(32)29-20(31)27-17-13-9-6-10-15(13)26-18(21(23,24)25)16(17)12-7-4-3-5-8-12/h3-5,7-8,11,33H,2,6,9-10H2,1H3,(H,26,27,31). The fourth-order valence-corrected chi connectivity index (χ4v) is 4.49. The van der Waals surface area contributed by atoms with Crippen LogP contribution in [-0.2, 0) is 36.2 Å². The van der Waals surface area contributed by atoms with Gasteiger partial charge in [0.15, 0.2) is 16.5 Å². The van der Waals surface area contributed by atoms with Crippen LogP contribution in [0.3, 0.4) is 0 Å². The summed E-state index contributed by atoms with van der Waals surface area (Å²) in [4.78, 5) is 16.5. The molecule has 1 aliphatic carbocycles. The smallest absolute Gasteiger partial charge is 0.305 e. The largest absolute Gasteiger partial charge is 0.434 e. The van der Waals surface area contributed by atoms with Gasteiger partial charge in [0.25, 0.3) is 0 Å². The lowest BCUT2D eigenvalue weighted by Gasteiger charge is -2.20. The topological polar surface area (TPSA) is 89.2 Å². The van der Waals surface area contributed by atoms with E-state index in [1.54, 1.807) is 25.1 Å². The van der Waals surface area contributed by atoms with Crippen molar-refractivity contribution < 1.29 is 26.6 Å². The molecular weight excluding hydrogens is 462 g/mol. The molecule has 2 heterocycles. The number of nitrogens with zero attached hydrogens (tertiary/aromatic N) is 4. The molecule has 1 aromatic carbocycles. The van der Waals surface area contributed by atoms with Crippen molar-refractivity contribution in [3.8, 4) is 11.1 Å². The first-order valence-electron chi connectivity index (χ1n) is 10.1. The number of pyridine rings is 1. The highest BCUT2D eigenvalue weighted by atomic mass is 32.2. The van der Waals surface area contributed by atoms with Gasteiger partial charge >= 0.3 is 12.2 Å². The summed E-state index contributed by atoms with van der Waals surface area (Å²) in [6.07, 6.45) is -2.43. The predicted molar refractivity (Wildman–Crippen MR) is 114 cm³/mol. The van der Waals surface area contributed by atoms with Crippen molar-refractivity contribution in [2.45, 2.75) is 43.9 Å². The summed E-state index contributed by atoms with van der Waals surface area (Å²) in [6.45, 7) is 2.01. The van der Waals surface area contributed by atoms with Crippen molar-refractivity contribution in [3.05, 3.63) is 59.3 Å². The van der Waals surface area contributed by atoms with Gasteiger partial charge in [-0.05, 0) is 37.3 Å². The van der Waals surface area contributed by atoms with Crippen LogP contribution in [0.15, 0.2) is 45.9 Å². The van der Waals surface area contributed by atoms with Crippen molar-refractivity contribution in [3.63, 3.8) is 0 Å². The van der Waals surface area contributed by atoms with E-state index in [1.165, 1.54) is 16.8 Å². The zero-order valence-corrected chi connectivity index (χ0v) is 18.3. The maximum absolute atomic E-state index is 14.0. The normalized spacial score (nSPS) is 14.3. The number of urea groups is 1. The lowest BCUT2D eigenvalue weighted by Crippen LogP contribution is -2.17. The number of alkyl halides is 3. The summed E-state index contributed by atoms with van der Waals surface area (Å²) >= 11 is 0. The van der Waals surface area contributed by atoms with Gasteiger partial charge in [-0.3, -0.25) is 4.68 Å². The number of aromatic nitrogens is 3. The third kappa shape index (κ3) is 4.61. The molecule has 3 aromatic rings. The second-order valence-electron chi connectivity index (χ2n) is 7.31. The zero-order valence-electron chi connectivity index (χ0n) is 17.4. The van der Waals surface area contributed by atoms with Crippen LogP contribution in [0, 0.1) is 5.82 Å². The van der Waals surface area contributed by atoms with Crippen LogP contribution in [0.4, 0.5) is 28.0 Å². The maximum Gasteiger partial charge on any atom is 0.434 e. The van der Waals surface area contributed by atoms with E-state index in [9.17, 15) is 26.6 Å². The highest BCUT2D eigenvalue weighted by Crippen LogP contribution is 2.44. The average molecular weight is 481 g/mol. The number of benzene rings is 1. The first-order valence-corrected chi connectivity index (χ1v) is 11.3. The van der Waals surface area contributed by atoms with Gasteiger partial charge in [-0.2, -0.15) is 18.3 Å². The molecule has 7 nitrogen and oxygen atoms in total. The van der Waals surface area contributed by atoms with Crippen LogP contribution >= 0.6 is 0 Å². The molecule has 0 radical (unpaired) electrons. The summed E-state index contributed by atoms with van der Waals surface area (Å²) in [6, 6.07) is 6.60. The summed E-state index contributed by atoms with van der Waals surface area (Å²) in [7, 11) is -2.90. The van der Waals surface area contributed by atoms with Gasteiger partial charge in [0, 0.05) is 17.8 Å². The van der Waals surface area contributed by atoms with Crippen LogP contribution in [0.1, 0.15) is 30.3 Å². The molecule has 1 atom stereocenters. The van der Waals surface area contributed by atoms with Gasteiger partial charge < -0.3 is 5.32 Å². The second kappa shape index (κ2) is 8.93. The zero-order chi connectivity index (χ0) is 23.8. The fourth-order valence-electron chi connectivity index (χ4n) is 3.75. The Bertz CT molecular complexity index is 1300. The number of fused-ring (bicyclic) bond motifs is 1. The molecule has 1 N–H and O–H groups in total. The number of anilines is 1. The molecule has 33 heavy (non-hydrogen) atoms. The number of carbonyl (C=O) groups excluding carboxylic acids is 1. The maximum atomic E-state index is 14.0. The van der Waals surface area contributed by atoms with Gasteiger partial charge in [-0.25, -0.2) is 18.4 Å². The van der Waals surface area contributed by atoms with Gasteiger partial charge in [-0.15, -0.1) is 4.36 Å². The molecule has 4 rings (SSSR count). The number of carbonyl (C=O) groups is 1. The van der Waals surface area contributed by atoms with Crippen molar-refractivity contribution in [2.75, 3.05) is 5.32 Å². The molecule has 2 aromatic heterocycles. The molecule has 174 valence electrons. The van der Waals surface area contributed by atoms with Crippen LogP contribution in [-0.4, -0.2) is 25.0 Å². The minimum Gasteiger partial charge on any atom is -0.305 e. The summed E-state index contributed by atoms with van der Waals surface area (Å²) in [5.74, 6) is -0.886. The Balaban J connectivity index is 1.81. The third-order valence-corrected chi connectivity index (χ3v) is 6.20. The Labute approximate surface area is 188 Å². The number of rotatable bonds is 4. The van der Waals surface area contributed by atoms with E-state index in [1.807, 2.05) is 0 Å². The van der Waals surface area contributed by atoms with Crippen molar-refractivity contribution >= 4 is 22.3 Å². The molecule has 0 aliphatic heterocycles. The first kappa shape index (κ1) is 22.9. The Morgan fingerprint density at radius 3 is 2.61 bits per heavy atom. The number of nitrogens with one attached hydrogen (secondary N) is 1. The van der Waals surface area contributed by atoms with E-state index in [0.29, 0.717) is 31.4 Å². The predicted octanol–water partition coefficient (Wildman–Crippen LogP) is 4.87. The van der Waals surface area contributed by atoms with Gasteiger partial charge in [-0.1, -0.05) is 30.3 Å². The number of hydrogen-bond donors (Lipinski definition) is 2. The molecule has 0 saturated heterocycles. The van der Waals surface area contributed by atoms with Gasteiger partial charge in [0.05, 0.1) is 22.5 Å². The lowest BCUT2D eigenvalue weighted by molar-refractivity contribution is -0.140. The van der Waals surface area contributed by atoms with E-state index < -0.39 is 39.3 Å².